The number of aromatic nitrogens is 1. The Morgan fingerprint density at radius 2 is 2.12 bits per heavy atom. The summed E-state index contributed by atoms with van der Waals surface area (Å²) in [5.74, 6) is 0. The van der Waals surface area contributed by atoms with Gasteiger partial charge in [0.2, 0.25) is 0 Å². The van der Waals surface area contributed by atoms with Crippen molar-refractivity contribution in [2.45, 2.75) is 32.2 Å². The summed E-state index contributed by atoms with van der Waals surface area (Å²) in [5.41, 5.74) is 4.59. The molecule has 0 aliphatic carbocycles. The minimum Gasteiger partial charge on any atom is -0.453 e. The number of fused-ring (bicyclic) bond motifs is 1. The predicted octanol–water partition coefficient (Wildman–Crippen LogP) is 4.16. The van der Waals surface area contributed by atoms with Crippen molar-refractivity contribution in [3.8, 4) is 0 Å². The average Bonchev–Trinajstić information content (AvgIpc) is 3.03. The maximum absolute atomic E-state index is 11.4. The zero-order valence-corrected chi connectivity index (χ0v) is 14.2. The Morgan fingerprint density at radius 3 is 2.83 bits per heavy atom. The molecule has 0 saturated carbocycles. The van der Waals surface area contributed by atoms with Crippen LogP contribution in [-0.4, -0.2) is 24.7 Å². The van der Waals surface area contributed by atoms with E-state index in [-0.39, 0.29) is 0 Å². The number of pyridine rings is 1. The monoisotopic (exact) mass is 325 g/mol. The Kier molecular flexibility index (Phi) is 4.99. The fourth-order valence-corrected chi connectivity index (χ4v) is 3.36. The highest BCUT2D eigenvalue weighted by Gasteiger charge is 2.27. The second-order valence-electron chi connectivity index (χ2n) is 5.99. The van der Waals surface area contributed by atoms with E-state index in [1.54, 1.807) is 0 Å². The molecule has 1 atom stereocenters. The minimum absolute atomic E-state index is 0.360. The van der Waals surface area contributed by atoms with Gasteiger partial charge in [-0.25, -0.2) is 4.79 Å². The maximum Gasteiger partial charge on any atom is 0.411 e. The molecular weight excluding hydrogens is 302 g/mol. The molecule has 0 radical (unpaired) electrons. The van der Waals surface area contributed by atoms with Gasteiger partial charge in [-0.3, -0.25) is 10.3 Å². The number of amides is 1. The molecular formula is C19H23N3O2. The molecule has 1 aromatic heterocycles. The van der Waals surface area contributed by atoms with Crippen LogP contribution in [0, 0.1) is 0 Å². The molecule has 2 heterocycles. The van der Waals surface area contributed by atoms with E-state index in [0.717, 1.165) is 31.5 Å². The topological polar surface area (TPSA) is 54.5 Å². The van der Waals surface area contributed by atoms with E-state index in [1.807, 2.05) is 24.5 Å². The summed E-state index contributed by atoms with van der Waals surface area (Å²) < 4.78 is 4.66. The zero-order valence-electron chi connectivity index (χ0n) is 14.2. The van der Waals surface area contributed by atoms with Gasteiger partial charge in [-0.05, 0) is 54.3 Å². The number of methoxy groups -OCH3 is 1. The van der Waals surface area contributed by atoms with Crippen LogP contribution in [0.25, 0.3) is 0 Å². The van der Waals surface area contributed by atoms with Crippen LogP contribution in [-0.2, 0) is 11.2 Å². The van der Waals surface area contributed by atoms with Gasteiger partial charge in [0.1, 0.15) is 0 Å². The van der Waals surface area contributed by atoms with Gasteiger partial charge in [0.05, 0.1) is 13.2 Å². The summed E-state index contributed by atoms with van der Waals surface area (Å²) >= 11 is 0. The van der Waals surface area contributed by atoms with Crippen LogP contribution >= 0.6 is 0 Å². The average molecular weight is 325 g/mol. The molecule has 0 spiro atoms. The smallest absolute Gasteiger partial charge is 0.411 e. The molecule has 24 heavy (non-hydrogen) atoms. The molecule has 1 aliphatic heterocycles. The third kappa shape index (κ3) is 3.35. The molecule has 0 saturated heterocycles. The van der Waals surface area contributed by atoms with Crippen molar-refractivity contribution in [1.29, 1.82) is 0 Å². The number of anilines is 2. The van der Waals surface area contributed by atoms with Crippen LogP contribution in [0.15, 0.2) is 42.7 Å². The van der Waals surface area contributed by atoms with Crippen LogP contribution in [0.3, 0.4) is 0 Å². The van der Waals surface area contributed by atoms with Gasteiger partial charge < -0.3 is 9.64 Å². The van der Waals surface area contributed by atoms with Crippen LogP contribution in [0.2, 0.25) is 0 Å². The van der Waals surface area contributed by atoms with E-state index in [0.29, 0.717) is 6.04 Å². The molecule has 5 heteroatoms. The lowest BCUT2D eigenvalue weighted by Gasteiger charge is -2.30. The van der Waals surface area contributed by atoms with Gasteiger partial charge >= 0.3 is 6.09 Å². The van der Waals surface area contributed by atoms with E-state index >= 15 is 0 Å². The Morgan fingerprint density at radius 1 is 1.33 bits per heavy atom. The van der Waals surface area contributed by atoms with Crippen LogP contribution in [0.1, 0.15) is 36.9 Å². The lowest BCUT2D eigenvalue weighted by atomic mass is 10.0. The van der Waals surface area contributed by atoms with E-state index in [1.165, 1.54) is 23.9 Å². The fraction of sp³-hybridized carbons (Fsp3) is 0.368. The van der Waals surface area contributed by atoms with Gasteiger partial charge in [0, 0.05) is 30.3 Å². The van der Waals surface area contributed by atoms with Gasteiger partial charge in [-0.15, -0.1) is 0 Å². The Balaban J connectivity index is 1.86. The molecule has 1 N–H and O–H groups in total. The number of hydrogen-bond acceptors (Lipinski definition) is 4. The standard InChI is InChI=1S/C19H23N3O2/c1-3-4-17(14-7-10-20-11-8-14)22-12-9-15-13-16(5-6-18(15)22)21-19(23)24-2/h5-8,10-11,13,17H,3-4,9,12H2,1-2H3,(H,21,23). The van der Waals surface area contributed by atoms with Crippen molar-refractivity contribution in [2.75, 3.05) is 23.9 Å². The van der Waals surface area contributed by atoms with Crippen molar-refractivity contribution in [1.82, 2.24) is 4.98 Å². The summed E-state index contributed by atoms with van der Waals surface area (Å²) in [6.07, 6.45) is 6.49. The highest BCUT2D eigenvalue weighted by Crippen LogP contribution is 2.38. The van der Waals surface area contributed by atoms with E-state index in [9.17, 15) is 4.79 Å². The van der Waals surface area contributed by atoms with Crippen LogP contribution in [0.5, 0.6) is 0 Å². The molecule has 5 nitrogen and oxygen atoms in total. The highest BCUT2D eigenvalue weighted by atomic mass is 16.5. The van der Waals surface area contributed by atoms with Crippen molar-refractivity contribution in [2.24, 2.45) is 0 Å². The summed E-state index contributed by atoms with van der Waals surface area (Å²) in [5, 5.41) is 2.73. The molecule has 126 valence electrons. The third-order valence-electron chi connectivity index (χ3n) is 4.47. The predicted molar refractivity (Wildman–Crippen MR) is 95.4 cm³/mol. The van der Waals surface area contributed by atoms with E-state index < -0.39 is 6.09 Å². The molecule has 1 amide bonds. The first-order valence-corrected chi connectivity index (χ1v) is 8.37. The Labute approximate surface area is 142 Å². The summed E-state index contributed by atoms with van der Waals surface area (Å²) in [6.45, 7) is 3.21. The van der Waals surface area contributed by atoms with Gasteiger partial charge in [-0.2, -0.15) is 0 Å². The molecule has 0 bridgehead atoms. The third-order valence-corrected chi connectivity index (χ3v) is 4.47. The second kappa shape index (κ2) is 7.34. The van der Waals surface area contributed by atoms with Crippen LogP contribution in [0.4, 0.5) is 16.2 Å². The van der Waals surface area contributed by atoms with Crippen molar-refractivity contribution < 1.29 is 9.53 Å². The zero-order chi connectivity index (χ0) is 16.9. The quantitative estimate of drug-likeness (QED) is 0.896. The van der Waals surface area contributed by atoms with Crippen LogP contribution < -0.4 is 10.2 Å². The molecule has 1 aromatic carbocycles. The number of nitrogens with one attached hydrogen (secondary N) is 1. The number of hydrogen-bond donors (Lipinski definition) is 1. The number of ether oxygens (including phenoxy) is 1. The molecule has 1 aliphatic rings. The first-order valence-electron chi connectivity index (χ1n) is 8.37. The number of benzene rings is 1. The van der Waals surface area contributed by atoms with Crippen molar-refractivity contribution in [3.05, 3.63) is 53.9 Å². The first-order chi connectivity index (χ1) is 11.7. The van der Waals surface area contributed by atoms with Crippen molar-refractivity contribution in [3.63, 3.8) is 0 Å². The number of carbonyl (C=O) groups is 1. The highest BCUT2D eigenvalue weighted by molar-refractivity contribution is 5.85. The van der Waals surface area contributed by atoms with Gasteiger partial charge in [0.25, 0.3) is 0 Å². The SMILES string of the molecule is CCCC(c1ccncc1)N1CCc2cc(NC(=O)OC)ccc21. The molecule has 0 fully saturated rings. The molecule has 1 unspecified atom stereocenters. The minimum atomic E-state index is -0.439. The second-order valence-corrected chi connectivity index (χ2v) is 5.99. The van der Waals surface area contributed by atoms with Gasteiger partial charge in [0.15, 0.2) is 0 Å². The number of nitrogens with zero attached hydrogens (tertiary/aromatic N) is 2. The summed E-state index contributed by atoms with van der Waals surface area (Å²) in [4.78, 5) is 18.0. The lowest BCUT2D eigenvalue weighted by Crippen LogP contribution is -2.26. The normalized spacial score (nSPS) is 14.2. The van der Waals surface area contributed by atoms with E-state index in [2.05, 4.69) is 45.1 Å². The number of rotatable bonds is 5. The Hall–Kier alpha value is -2.56. The molecule has 3 rings (SSSR count). The lowest BCUT2D eigenvalue weighted by molar-refractivity contribution is 0.187. The summed E-state index contributed by atoms with van der Waals surface area (Å²) in [7, 11) is 1.37. The summed E-state index contributed by atoms with van der Waals surface area (Å²) in [6, 6.07) is 10.6. The first kappa shape index (κ1) is 16.3. The van der Waals surface area contributed by atoms with E-state index in [4.69, 9.17) is 0 Å². The molecule has 2 aromatic rings. The van der Waals surface area contributed by atoms with Crippen molar-refractivity contribution >= 4 is 17.5 Å². The fourth-order valence-electron chi connectivity index (χ4n) is 3.36. The van der Waals surface area contributed by atoms with Gasteiger partial charge in [-0.1, -0.05) is 13.3 Å². The Bertz CT molecular complexity index is 703. The maximum atomic E-state index is 11.4. The number of carbonyl (C=O) groups excluding carboxylic acids is 1. The largest absolute Gasteiger partial charge is 0.453 e.